The fraction of sp³-hybridized carbons (Fsp3) is 0.273. The summed E-state index contributed by atoms with van der Waals surface area (Å²) in [6.45, 7) is 2.16. The molecule has 3 rings (SSSR count). The molecule has 0 radical (unpaired) electrons. The maximum Gasteiger partial charge on any atom is 0.254 e. The number of halogens is 1. The minimum atomic E-state index is -0.612. The Bertz CT molecular complexity index is 1060. The zero-order valence-corrected chi connectivity index (χ0v) is 17.3. The lowest BCUT2D eigenvalue weighted by molar-refractivity contribution is 0.0996. The third-order valence-corrected chi connectivity index (χ3v) is 5.10. The molecular weight excluding hydrogens is 420 g/mol. The Kier molecular flexibility index (Phi) is 6.52. The number of phenols is 1. The van der Waals surface area contributed by atoms with E-state index < -0.39 is 5.91 Å². The van der Waals surface area contributed by atoms with Gasteiger partial charge in [0.15, 0.2) is 0 Å². The lowest BCUT2D eigenvalue weighted by Crippen LogP contribution is -2.21. The zero-order valence-electron chi connectivity index (χ0n) is 15.7. The van der Waals surface area contributed by atoms with Crippen molar-refractivity contribution in [3.05, 3.63) is 63.6 Å². The number of aromatic hydroxyl groups is 1. The number of nitrogens with zero attached hydrogens (tertiary/aromatic N) is 1. The van der Waals surface area contributed by atoms with Crippen LogP contribution in [0.3, 0.4) is 0 Å². The van der Waals surface area contributed by atoms with Gasteiger partial charge in [0, 0.05) is 15.9 Å². The average molecular weight is 443 g/mol. The summed E-state index contributed by atoms with van der Waals surface area (Å²) in [5.74, 6) is -0.423. The second-order valence-corrected chi connectivity index (χ2v) is 7.66. The van der Waals surface area contributed by atoms with Gasteiger partial charge in [-0.2, -0.15) is 0 Å². The summed E-state index contributed by atoms with van der Waals surface area (Å²) in [5, 5.41) is 11.1. The van der Waals surface area contributed by atoms with E-state index in [0.29, 0.717) is 16.7 Å². The normalized spacial score (nSPS) is 11.9. The Balaban J connectivity index is 2.05. The molecule has 3 aromatic rings. The summed E-state index contributed by atoms with van der Waals surface area (Å²) in [7, 11) is 0. The van der Waals surface area contributed by atoms with E-state index in [1.807, 2.05) is 18.2 Å². The van der Waals surface area contributed by atoms with E-state index in [1.54, 1.807) is 24.3 Å². The second-order valence-electron chi connectivity index (χ2n) is 6.75. The molecule has 5 nitrogen and oxygen atoms in total. The van der Waals surface area contributed by atoms with Gasteiger partial charge in [-0.15, -0.1) is 0 Å². The largest absolute Gasteiger partial charge is 0.508 e. The van der Waals surface area contributed by atoms with Gasteiger partial charge < -0.3 is 15.3 Å². The highest BCUT2D eigenvalue weighted by molar-refractivity contribution is 9.10. The highest BCUT2D eigenvalue weighted by atomic mass is 79.9. The first-order valence-electron chi connectivity index (χ1n) is 9.37. The smallest absolute Gasteiger partial charge is 0.254 e. The molecular formula is C22H23BrN2O3. The summed E-state index contributed by atoms with van der Waals surface area (Å²) in [4.78, 5) is 16.4. The van der Waals surface area contributed by atoms with Crippen LogP contribution in [0.25, 0.3) is 11.0 Å². The van der Waals surface area contributed by atoms with Gasteiger partial charge in [-0.1, -0.05) is 42.1 Å². The molecule has 3 N–H and O–H groups in total. The van der Waals surface area contributed by atoms with Crippen LogP contribution < -0.4 is 11.3 Å². The number of carbonyl (C=O) groups excluding carboxylic acids is 1. The van der Waals surface area contributed by atoms with Gasteiger partial charge >= 0.3 is 0 Å². The minimum Gasteiger partial charge on any atom is -0.508 e. The van der Waals surface area contributed by atoms with Crippen molar-refractivity contribution in [2.75, 3.05) is 0 Å². The van der Waals surface area contributed by atoms with Crippen molar-refractivity contribution < 1.29 is 14.3 Å². The number of nitrogens with two attached hydrogens (primary N) is 1. The van der Waals surface area contributed by atoms with Crippen LogP contribution in [0.15, 0.2) is 56.3 Å². The fourth-order valence-electron chi connectivity index (χ4n) is 3.05. The Morgan fingerprint density at radius 1 is 1.14 bits per heavy atom. The predicted molar refractivity (Wildman–Crippen MR) is 114 cm³/mol. The van der Waals surface area contributed by atoms with Gasteiger partial charge in [-0.3, -0.25) is 4.79 Å². The number of hydrogen-bond acceptors (Lipinski definition) is 4. The van der Waals surface area contributed by atoms with E-state index >= 15 is 0 Å². The van der Waals surface area contributed by atoms with E-state index in [1.165, 1.54) is 6.42 Å². The van der Waals surface area contributed by atoms with Crippen LogP contribution in [0.5, 0.6) is 5.75 Å². The first kappa shape index (κ1) is 20.1. The number of rotatable bonds is 7. The number of fused-ring (bicyclic) bond motifs is 1. The summed E-state index contributed by atoms with van der Waals surface area (Å²) >= 11 is 3.38. The van der Waals surface area contributed by atoms with Gasteiger partial charge in [-0.25, -0.2) is 4.99 Å². The molecule has 0 saturated carbocycles. The molecule has 0 aliphatic carbocycles. The molecule has 2 aromatic carbocycles. The third-order valence-electron chi connectivity index (χ3n) is 4.57. The summed E-state index contributed by atoms with van der Waals surface area (Å²) in [6, 6.07) is 12.4. The van der Waals surface area contributed by atoms with Crippen LogP contribution in [0, 0.1) is 0 Å². The van der Waals surface area contributed by atoms with Crippen molar-refractivity contribution in [1.29, 1.82) is 0 Å². The van der Waals surface area contributed by atoms with Gasteiger partial charge in [0.2, 0.25) is 5.55 Å². The molecule has 0 unspecified atom stereocenters. The number of hydrogen-bond donors (Lipinski definition) is 2. The molecule has 1 heterocycles. The molecule has 1 aromatic heterocycles. The number of aryl methyl sites for hydroxylation is 1. The molecule has 0 bridgehead atoms. The maximum absolute atomic E-state index is 12.0. The predicted octanol–water partition coefficient (Wildman–Crippen LogP) is 5.36. The maximum atomic E-state index is 12.0. The number of benzene rings is 2. The van der Waals surface area contributed by atoms with E-state index in [9.17, 15) is 9.90 Å². The van der Waals surface area contributed by atoms with Gasteiger partial charge in [0.25, 0.3) is 5.91 Å². The summed E-state index contributed by atoms with van der Waals surface area (Å²) in [5.41, 5.74) is 7.80. The van der Waals surface area contributed by atoms with Crippen molar-refractivity contribution in [1.82, 2.24) is 0 Å². The molecule has 0 aliphatic heterocycles. The highest BCUT2D eigenvalue weighted by Crippen LogP contribution is 2.27. The van der Waals surface area contributed by atoms with Gasteiger partial charge in [-0.05, 0) is 54.8 Å². The average Bonchev–Trinajstić information content (AvgIpc) is 2.67. The standard InChI is InChI=1S/C22H23BrN2O3/c1-2-3-4-5-6-14-11-15-12-18(21(24)27)22(28-20(15)13-19(14)26)25-17-9-7-16(23)8-10-17/h7-13,26H,2-6H2,1H3,(H2,24,27). The van der Waals surface area contributed by atoms with E-state index in [0.717, 1.165) is 35.7 Å². The van der Waals surface area contributed by atoms with E-state index in [-0.39, 0.29) is 16.9 Å². The molecule has 0 atom stereocenters. The lowest BCUT2D eigenvalue weighted by Gasteiger charge is -2.08. The number of primary amides is 1. The fourth-order valence-corrected chi connectivity index (χ4v) is 3.31. The Morgan fingerprint density at radius 3 is 2.57 bits per heavy atom. The number of amides is 1. The van der Waals surface area contributed by atoms with Gasteiger partial charge in [0.1, 0.15) is 16.9 Å². The Hall–Kier alpha value is -2.60. The van der Waals surface area contributed by atoms with Crippen molar-refractivity contribution >= 4 is 38.5 Å². The van der Waals surface area contributed by atoms with Crippen molar-refractivity contribution in [3.63, 3.8) is 0 Å². The lowest BCUT2D eigenvalue weighted by atomic mass is 10.0. The van der Waals surface area contributed by atoms with Crippen LogP contribution in [0.1, 0.15) is 48.5 Å². The van der Waals surface area contributed by atoms with E-state index in [4.69, 9.17) is 10.2 Å². The summed E-state index contributed by atoms with van der Waals surface area (Å²) < 4.78 is 6.75. The molecule has 0 saturated heterocycles. The van der Waals surface area contributed by atoms with Gasteiger partial charge in [0.05, 0.1) is 5.69 Å². The quantitative estimate of drug-likeness (QED) is 0.482. The number of phenolic OH excluding ortho intramolecular Hbond substituents is 1. The van der Waals surface area contributed by atoms with Crippen molar-refractivity contribution in [3.8, 4) is 5.75 Å². The molecule has 0 fully saturated rings. The van der Waals surface area contributed by atoms with Crippen LogP contribution in [0.2, 0.25) is 0 Å². The molecule has 6 heteroatoms. The van der Waals surface area contributed by atoms with Crippen LogP contribution in [-0.2, 0) is 6.42 Å². The first-order valence-corrected chi connectivity index (χ1v) is 10.2. The van der Waals surface area contributed by atoms with Crippen LogP contribution in [-0.4, -0.2) is 11.0 Å². The zero-order chi connectivity index (χ0) is 20.1. The molecule has 28 heavy (non-hydrogen) atoms. The topological polar surface area (TPSA) is 88.8 Å². The molecule has 146 valence electrons. The minimum absolute atomic E-state index is 0.123. The SMILES string of the molecule is CCCCCCc1cc2cc(C(N)=O)c(=Nc3ccc(Br)cc3)oc2cc1O. The summed E-state index contributed by atoms with van der Waals surface area (Å²) in [6.07, 6.45) is 5.24. The Morgan fingerprint density at radius 2 is 1.89 bits per heavy atom. The monoisotopic (exact) mass is 442 g/mol. The molecule has 0 aliphatic rings. The van der Waals surface area contributed by atoms with E-state index in [2.05, 4.69) is 27.8 Å². The van der Waals surface area contributed by atoms with Crippen molar-refractivity contribution in [2.24, 2.45) is 10.7 Å². The number of unbranched alkanes of at least 4 members (excludes halogenated alkanes) is 3. The third kappa shape index (κ3) is 4.81. The molecule has 1 amide bonds. The van der Waals surface area contributed by atoms with Crippen molar-refractivity contribution in [2.45, 2.75) is 39.0 Å². The molecule has 0 spiro atoms. The Labute approximate surface area is 172 Å². The first-order chi connectivity index (χ1) is 13.5. The second kappa shape index (κ2) is 9.06. The number of carbonyl (C=O) groups is 1. The van der Waals surface area contributed by atoms with Crippen LogP contribution in [0.4, 0.5) is 5.69 Å². The van der Waals surface area contributed by atoms with Crippen LogP contribution >= 0.6 is 15.9 Å². The highest BCUT2D eigenvalue weighted by Gasteiger charge is 2.12.